The average molecular weight is 480 g/mol. The number of nitrogens with zero attached hydrogens (tertiary/aromatic N) is 4. The largest absolute Gasteiger partial charge is 0.497 e. The molecule has 2 amide bonds. The Morgan fingerprint density at radius 2 is 1.46 bits per heavy atom. The van der Waals surface area contributed by atoms with E-state index >= 15 is 0 Å². The molecule has 10 nitrogen and oxygen atoms in total. The van der Waals surface area contributed by atoms with Crippen LogP contribution in [0.15, 0.2) is 48.5 Å². The minimum atomic E-state index is -0.195. The SMILES string of the molecule is COc1ccc(-c2ccc(N3CCN(C(=O)Nc4cc(OC)c(OC)c(OC)c4)CC3)nn2)cc1. The van der Waals surface area contributed by atoms with Gasteiger partial charge in [-0.3, -0.25) is 0 Å². The maximum atomic E-state index is 12.9. The summed E-state index contributed by atoms with van der Waals surface area (Å²) in [6.45, 7) is 2.41. The third-order valence-electron chi connectivity index (χ3n) is 5.84. The predicted octanol–water partition coefficient (Wildman–Crippen LogP) is 3.53. The summed E-state index contributed by atoms with van der Waals surface area (Å²) < 4.78 is 21.3. The molecule has 0 aliphatic carbocycles. The van der Waals surface area contributed by atoms with Gasteiger partial charge < -0.3 is 34.1 Å². The van der Waals surface area contributed by atoms with Gasteiger partial charge in [0.1, 0.15) is 5.75 Å². The molecule has 0 atom stereocenters. The third kappa shape index (κ3) is 5.32. The summed E-state index contributed by atoms with van der Waals surface area (Å²) in [7, 11) is 6.25. The van der Waals surface area contributed by atoms with Crippen molar-refractivity contribution in [2.45, 2.75) is 0 Å². The van der Waals surface area contributed by atoms with E-state index in [0.29, 0.717) is 49.1 Å². The zero-order valence-electron chi connectivity index (χ0n) is 20.3. The van der Waals surface area contributed by atoms with Crippen LogP contribution in [-0.4, -0.2) is 75.7 Å². The Hall–Kier alpha value is -4.21. The van der Waals surface area contributed by atoms with Crippen LogP contribution in [-0.2, 0) is 0 Å². The Balaban J connectivity index is 1.35. The predicted molar refractivity (Wildman–Crippen MR) is 133 cm³/mol. The second-order valence-corrected chi connectivity index (χ2v) is 7.82. The van der Waals surface area contributed by atoms with E-state index in [-0.39, 0.29) is 6.03 Å². The van der Waals surface area contributed by atoms with E-state index in [1.807, 2.05) is 36.4 Å². The summed E-state index contributed by atoms with van der Waals surface area (Å²) in [6.07, 6.45) is 0. The number of amides is 2. The fraction of sp³-hybridized carbons (Fsp3) is 0.320. The average Bonchev–Trinajstić information content (AvgIpc) is 2.92. The number of methoxy groups -OCH3 is 4. The first kappa shape index (κ1) is 23.9. The Morgan fingerprint density at radius 1 is 0.800 bits per heavy atom. The van der Waals surface area contributed by atoms with Crippen molar-refractivity contribution in [2.24, 2.45) is 0 Å². The van der Waals surface area contributed by atoms with E-state index in [4.69, 9.17) is 18.9 Å². The maximum Gasteiger partial charge on any atom is 0.321 e. The van der Waals surface area contributed by atoms with Gasteiger partial charge in [-0.05, 0) is 36.4 Å². The minimum absolute atomic E-state index is 0.195. The lowest BCUT2D eigenvalue weighted by Gasteiger charge is -2.35. The normalized spacial score (nSPS) is 13.3. The van der Waals surface area contributed by atoms with Gasteiger partial charge in [-0.1, -0.05) is 0 Å². The van der Waals surface area contributed by atoms with Gasteiger partial charge in [-0.15, -0.1) is 10.2 Å². The number of ether oxygens (including phenoxy) is 4. The van der Waals surface area contributed by atoms with Crippen LogP contribution in [0, 0.1) is 0 Å². The zero-order valence-corrected chi connectivity index (χ0v) is 20.3. The first-order valence-corrected chi connectivity index (χ1v) is 11.1. The van der Waals surface area contributed by atoms with Gasteiger partial charge in [-0.25, -0.2) is 4.79 Å². The number of hydrogen-bond acceptors (Lipinski definition) is 8. The van der Waals surface area contributed by atoms with Crippen LogP contribution in [0.1, 0.15) is 0 Å². The van der Waals surface area contributed by atoms with Crippen molar-refractivity contribution in [2.75, 3.05) is 64.8 Å². The van der Waals surface area contributed by atoms with E-state index in [1.165, 1.54) is 21.3 Å². The van der Waals surface area contributed by atoms with Gasteiger partial charge in [0.05, 0.1) is 39.8 Å². The highest BCUT2D eigenvalue weighted by atomic mass is 16.5. The van der Waals surface area contributed by atoms with Crippen LogP contribution in [0.3, 0.4) is 0 Å². The monoisotopic (exact) mass is 479 g/mol. The number of nitrogens with one attached hydrogen (secondary N) is 1. The van der Waals surface area contributed by atoms with Crippen LogP contribution in [0.4, 0.5) is 16.3 Å². The highest BCUT2D eigenvalue weighted by Gasteiger charge is 2.23. The highest BCUT2D eigenvalue weighted by Crippen LogP contribution is 2.40. The summed E-state index contributed by atoms with van der Waals surface area (Å²) in [6, 6.07) is 14.8. The van der Waals surface area contributed by atoms with Crippen LogP contribution in [0.25, 0.3) is 11.3 Å². The Kier molecular flexibility index (Phi) is 7.39. The van der Waals surface area contributed by atoms with E-state index < -0.39 is 0 Å². The van der Waals surface area contributed by atoms with Gasteiger partial charge in [-0.2, -0.15) is 0 Å². The number of anilines is 2. The molecule has 0 saturated carbocycles. The van der Waals surface area contributed by atoms with E-state index in [1.54, 1.807) is 24.1 Å². The maximum absolute atomic E-state index is 12.9. The molecule has 1 aliphatic rings. The van der Waals surface area contributed by atoms with Crippen molar-refractivity contribution in [3.8, 4) is 34.3 Å². The molecule has 1 N–H and O–H groups in total. The topological polar surface area (TPSA) is 98.3 Å². The van der Waals surface area contributed by atoms with Crippen LogP contribution < -0.4 is 29.2 Å². The van der Waals surface area contributed by atoms with Crippen molar-refractivity contribution in [3.05, 3.63) is 48.5 Å². The molecular formula is C25H29N5O5. The Labute approximate surface area is 204 Å². The van der Waals surface area contributed by atoms with Crippen molar-refractivity contribution >= 4 is 17.5 Å². The molecule has 35 heavy (non-hydrogen) atoms. The van der Waals surface area contributed by atoms with Crippen molar-refractivity contribution in [1.82, 2.24) is 15.1 Å². The number of carbonyl (C=O) groups is 1. The summed E-state index contributed by atoms with van der Waals surface area (Å²) in [4.78, 5) is 16.7. The molecule has 184 valence electrons. The van der Waals surface area contributed by atoms with E-state index in [2.05, 4.69) is 20.4 Å². The second-order valence-electron chi connectivity index (χ2n) is 7.82. The number of aromatic nitrogens is 2. The molecule has 1 aliphatic heterocycles. The fourth-order valence-electron chi connectivity index (χ4n) is 3.90. The van der Waals surface area contributed by atoms with E-state index in [0.717, 1.165) is 22.8 Å². The molecule has 0 spiro atoms. The molecule has 1 fully saturated rings. The van der Waals surface area contributed by atoms with Crippen LogP contribution in [0.2, 0.25) is 0 Å². The lowest BCUT2D eigenvalue weighted by Crippen LogP contribution is -2.50. The Bertz CT molecular complexity index is 1120. The molecule has 0 unspecified atom stereocenters. The number of hydrogen-bond donors (Lipinski definition) is 1. The van der Waals surface area contributed by atoms with Crippen molar-refractivity contribution < 1.29 is 23.7 Å². The molecular weight excluding hydrogens is 450 g/mol. The summed E-state index contributed by atoms with van der Waals surface area (Å²) in [5.74, 6) is 3.01. The molecule has 2 heterocycles. The minimum Gasteiger partial charge on any atom is -0.497 e. The van der Waals surface area contributed by atoms with Gasteiger partial charge in [0.15, 0.2) is 17.3 Å². The molecule has 10 heteroatoms. The molecule has 0 radical (unpaired) electrons. The van der Waals surface area contributed by atoms with Gasteiger partial charge in [0.25, 0.3) is 0 Å². The smallest absolute Gasteiger partial charge is 0.321 e. The van der Waals surface area contributed by atoms with Crippen molar-refractivity contribution in [1.29, 1.82) is 0 Å². The summed E-state index contributed by atoms with van der Waals surface area (Å²) in [5.41, 5.74) is 2.32. The molecule has 1 saturated heterocycles. The Morgan fingerprint density at radius 3 is 1.97 bits per heavy atom. The van der Waals surface area contributed by atoms with Crippen LogP contribution in [0.5, 0.6) is 23.0 Å². The number of rotatable bonds is 7. The van der Waals surface area contributed by atoms with Gasteiger partial charge in [0, 0.05) is 43.9 Å². The first-order chi connectivity index (χ1) is 17.1. The third-order valence-corrected chi connectivity index (χ3v) is 5.84. The number of carbonyl (C=O) groups excluding carboxylic acids is 1. The molecule has 3 aromatic rings. The second kappa shape index (κ2) is 10.8. The number of benzene rings is 2. The molecule has 2 aromatic carbocycles. The highest BCUT2D eigenvalue weighted by molar-refractivity contribution is 5.90. The lowest BCUT2D eigenvalue weighted by atomic mass is 10.1. The van der Waals surface area contributed by atoms with Crippen LogP contribution >= 0.6 is 0 Å². The molecule has 0 bridgehead atoms. The molecule has 4 rings (SSSR count). The van der Waals surface area contributed by atoms with Gasteiger partial charge in [0.2, 0.25) is 5.75 Å². The van der Waals surface area contributed by atoms with Gasteiger partial charge >= 0.3 is 6.03 Å². The fourth-order valence-corrected chi connectivity index (χ4v) is 3.90. The standard InChI is InChI=1S/C25H29N5O5/c1-32-19-7-5-17(6-8-19)20-9-10-23(28-27-20)29-11-13-30(14-12-29)25(31)26-18-15-21(33-2)24(35-4)22(16-18)34-3/h5-10,15-16H,11-14H2,1-4H3,(H,26,31). The quantitative estimate of drug-likeness (QED) is 0.550. The summed E-state index contributed by atoms with van der Waals surface area (Å²) in [5, 5.41) is 11.7. The number of piperazine rings is 1. The summed E-state index contributed by atoms with van der Waals surface area (Å²) >= 11 is 0. The lowest BCUT2D eigenvalue weighted by molar-refractivity contribution is 0.208. The van der Waals surface area contributed by atoms with E-state index in [9.17, 15) is 4.79 Å². The zero-order chi connectivity index (χ0) is 24.8. The molecule has 1 aromatic heterocycles. The first-order valence-electron chi connectivity index (χ1n) is 11.1. The van der Waals surface area contributed by atoms with Crippen molar-refractivity contribution in [3.63, 3.8) is 0 Å². The number of urea groups is 1.